The number of hydrogen-bond donors (Lipinski definition) is 1. The van der Waals surface area contributed by atoms with Crippen LogP contribution in [-0.2, 0) is 9.84 Å². The smallest absolute Gasteiger partial charge is 0.151 e. The van der Waals surface area contributed by atoms with E-state index in [2.05, 4.69) is 11.9 Å². The van der Waals surface area contributed by atoms with Crippen molar-refractivity contribution in [3.05, 3.63) is 12.7 Å². The van der Waals surface area contributed by atoms with Crippen LogP contribution in [-0.4, -0.2) is 32.5 Å². The van der Waals surface area contributed by atoms with Crippen LogP contribution in [0, 0.1) is 0 Å². The zero-order valence-corrected chi connectivity index (χ0v) is 12.2. The minimum absolute atomic E-state index is 0.0822. The lowest BCUT2D eigenvalue weighted by atomic mass is 10.0. The second kappa shape index (κ2) is 8.70. The van der Waals surface area contributed by atoms with Crippen molar-refractivity contribution in [3.63, 3.8) is 0 Å². The van der Waals surface area contributed by atoms with Gasteiger partial charge in [0.05, 0.1) is 5.25 Å². The molecule has 0 saturated carbocycles. The van der Waals surface area contributed by atoms with E-state index in [1.807, 2.05) is 13.0 Å². The first-order valence-electron chi connectivity index (χ1n) is 6.46. The van der Waals surface area contributed by atoms with E-state index in [-0.39, 0.29) is 11.3 Å². The monoisotopic (exact) mass is 261 g/mol. The van der Waals surface area contributed by atoms with Crippen LogP contribution < -0.4 is 5.32 Å². The van der Waals surface area contributed by atoms with Gasteiger partial charge in [-0.05, 0) is 32.7 Å². The Bertz CT molecular complexity index is 299. The molecule has 4 heteroatoms. The van der Waals surface area contributed by atoms with Crippen LogP contribution in [0.25, 0.3) is 0 Å². The van der Waals surface area contributed by atoms with Crippen LogP contribution in [0.1, 0.15) is 46.0 Å². The summed E-state index contributed by atoms with van der Waals surface area (Å²) in [4.78, 5) is 0. The Kier molecular flexibility index (Phi) is 8.52. The molecule has 0 fully saturated rings. The van der Waals surface area contributed by atoms with Crippen LogP contribution in [0.5, 0.6) is 0 Å². The highest BCUT2D eigenvalue weighted by Crippen LogP contribution is 2.13. The fraction of sp³-hybridized carbons (Fsp3) is 0.846. The molecule has 0 aromatic carbocycles. The van der Waals surface area contributed by atoms with Gasteiger partial charge in [-0.2, -0.15) is 0 Å². The molecule has 0 amide bonds. The van der Waals surface area contributed by atoms with Crippen molar-refractivity contribution in [2.24, 2.45) is 0 Å². The van der Waals surface area contributed by atoms with Gasteiger partial charge in [0.1, 0.15) is 0 Å². The summed E-state index contributed by atoms with van der Waals surface area (Å²) in [6.45, 7) is 8.32. The lowest BCUT2D eigenvalue weighted by Gasteiger charge is -2.23. The van der Waals surface area contributed by atoms with Crippen LogP contribution in [0.4, 0.5) is 0 Å². The molecule has 1 N–H and O–H groups in total. The average molecular weight is 261 g/mol. The highest BCUT2D eigenvalue weighted by molar-refractivity contribution is 7.91. The third-order valence-electron chi connectivity index (χ3n) is 3.13. The summed E-state index contributed by atoms with van der Waals surface area (Å²) in [5.74, 6) is 0. The number of hydrogen-bond acceptors (Lipinski definition) is 3. The van der Waals surface area contributed by atoms with Crippen LogP contribution in [0.15, 0.2) is 12.7 Å². The molecule has 0 aliphatic carbocycles. The third kappa shape index (κ3) is 7.55. The van der Waals surface area contributed by atoms with Gasteiger partial charge in [-0.1, -0.05) is 25.8 Å². The standard InChI is InChI=1S/C13H27NO2S/c1-5-7-8-9-10-11-13(14-6-2)12(3)17(4,15)16/h5,12-14H,1,6-11H2,2-4H3. The quantitative estimate of drug-likeness (QED) is 0.485. The normalized spacial score (nSPS) is 15.5. The van der Waals surface area contributed by atoms with E-state index in [9.17, 15) is 8.42 Å². The Hall–Kier alpha value is -0.350. The summed E-state index contributed by atoms with van der Waals surface area (Å²) in [6, 6.07) is 0.0822. The molecule has 0 aliphatic rings. The summed E-state index contributed by atoms with van der Waals surface area (Å²) in [5.41, 5.74) is 0. The summed E-state index contributed by atoms with van der Waals surface area (Å²) in [5, 5.41) is 2.98. The molecule has 102 valence electrons. The van der Waals surface area contributed by atoms with Gasteiger partial charge in [0, 0.05) is 12.3 Å². The molecule has 0 aliphatic heterocycles. The predicted molar refractivity (Wildman–Crippen MR) is 75.1 cm³/mol. The molecule has 3 nitrogen and oxygen atoms in total. The fourth-order valence-electron chi connectivity index (χ4n) is 1.89. The largest absolute Gasteiger partial charge is 0.313 e. The van der Waals surface area contributed by atoms with Gasteiger partial charge in [0.25, 0.3) is 0 Å². The van der Waals surface area contributed by atoms with Gasteiger partial charge >= 0.3 is 0 Å². The van der Waals surface area contributed by atoms with E-state index in [1.165, 1.54) is 6.26 Å². The molecule has 0 radical (unpaired) electrons. The Morgan fingerprint density at radius 1 is 1.29 bits per heavy atom. The van der Waals surface area contributed by atoms with Crippen molar-refractivity contribution >= 4 is 9.84 Å². The second-order valence-electron chi connectivity index (χ2n) is 4.63. The molecule has 2 atom stereocenters. The average Bonchev–Trinajstić information content (AvgIpc) is 2.25. The number of allylic oxidation sites excluding steroid dienone is 1. The maximum absolute atomic E-state index is 11.5. The zero-order chi connectivity index (χ0) is 13.3. The Labute approximate surface area is 107 Å². The van der Waals surface area contributed by atoms with Gasteiger partial charge in [0.15, 0.2) is 9.84 Å². The van der Waals surface area contributed by atoms with Crippen molar-refractivity contribution in [1.82, 2.24) is 5.32 Å². The summed E-state index contributed by atoms with van der Waals surface area (Å²) in [6.07, 6.45) is 8.60. The third-order valence-corrected chi connectivity index (χ3v) is 4.81. The van der Waals surface area contributed by atoms with Crippen molar-refractivity contribution in [2.75, 3.05) is 12.8 Å². The van der Waals surface area contributed by atoms with Gasteiger partial charge in [0.2, 0.25) is 0 Å². The highest BCUT2D eigenvalue weighted by atomic mass is 32.2. The molecule has 0 rings (SSSR count). The van der Waals surface area contributed by atoms with Gasteiger partial charge in [-0.3, -0.25) is 0 Å². The predicted octanol–water partition coefficient (Wildman–Crippen LogP) is 2.53. The molecule has 0 bridgehead atoms. The second-order valence-corrected chi connectivity index (χ2v) is 7.03. The van der Waals surface area contributed by atoms with E-state index in [1.54, 1.807) is 6.92 Å². The highest BCUT2D eigenvalue weighted by Gasteiger charge is 2.24. The first kappa shape index (κ1) is 16.6. The summed E-state index contributed by atoms with van der Waals surface area (Å²) in [7, 11) is -2.95. The van der Waals surface area contributed by atoms with E-state index in [0.29, 0.717) is 0 Å². The van der Waals surface area contributed by atoms with E-state index in [0.717, 1.165) is 38.6 Å². The number of sulfone groups is 1. The first-order valence-corrected chi connectivity index (χ1v) is 8.42. The van der Waals surface area contributed by atoms with Gasteiger partial charge < -0.3 is 5.32 Å². The zero-order valence-electron chi connectivity index (χ0n) is 11.4. The van der Waals surface area contributed by atoms with Gasteiger partial charge in [-0.15, -0.1) is 6.58 Å². The van der Waals surface area contributed by atoms with Crippen molar-refractivity contribution in [3.8, 4) is 0 Å². The Morgan fingerprint density at radius 2 is 1.94 bits per heavy atom. The first-order chi connectivity index (χ1) is 7.93. The SMILES string of the molecule is C=CCCCCCC(NCC)C(C)S(C)(=O)=O. The molecule has 17 heavy (non-hydrogen) atoms. The Morgan fingerprint density at radius 3 is 2.41 bits per heavy atom. The van der Waals surface area contributed by atoms with Gasteiger partial charge in [-0.25, -0.2) is 8.42 Å². The van der Waals surface area contributed by atoms with Crippen LogP contribution in [0.3, 0.4) is 0 Å². The molecule has 0 spiro atoms. The molecule has 0 heterocycles. The number of unbranched alkanes of at least 4 members (excludes halogenated alkanes) is 3. The maximum Gasteiger partial charge on any atom is 0.151 e. The van der Waals surface area contributed by atoms with E-state index < -0.39 is 9.84 Å². The Balaban J connectivity index is 4.11. The summed E-state index contributed by atoms with van der Waals surface area (Å²) >= 11 is 0. The lowest BCUT2D eigenvalue weighted by molar-refractivity contribution is 0.449. The minimum atomic E-state index is -2.95. The van der Waals surface area contributed by atoms with E-state index >= 15 is 0 Å². The molecule has 0 aromatic rings. The number of nitrogens with one attached hydrogen (secondary N) is 1. The molecule has 2 unspecified atom stereocenters. The van der Waals surface area contributed by atoms with Crippen molar-refractivity contribution < 1.29 is 8.42 Å². The van der Waals surface area contributed by atoms with Crippen molar-refractivity contribution in [1.29, 1.82) is 0 Å². The lowest BCUT2D eigenvalue weighted by Crippen LogP contribution is -2.42. The molecule has 0 saturated heterocycles. The fourth-order valence-corrected chi connectivity index (χ4v) is 2.72. The van der Waals surface area contributed by atoms with Crippen LogP contribution >= 0.6 is 0 Å². The summed E-state index contributed by atoms with van der Waals surface area (Å²) < 4.78 is 23.1. The number of rotatable bonds is 10. The van der Waals surface area contributed by atoms with Crippen LogP contribution in [0.2, 0.25) is 0 Å². The molecule has 0 aromatic heterocycles. The van der Waals surface area contributed by atoms with Crippen molar-refractivity contribution in [2.45, 2.75) is 57.2 Å². The molecular formula is C13H27NO2S. The minimum Gasteiger partial charge on any atom is -0.313 e. The maximum atomic E-state index is 11.5. The molecular weight excluding hydrogens is 234 g/mol. The van der Waals surface area contributed by atoms with E-state index in [4.69, 9.17) is 0 Å². The topological polar surface area (TPSA) is 46.2 Å².